The second kappa shape index (κ2) is 15.9. The van der Waals surface area contributed by atoms with Crippen molar-refractivity contribution in [1.82, 2.24) is 4.86 Å². The summed E-state index contributed by atoms with van der Waals surface area (Å²) >= 11 is 0. The van der Waals surface area contributed by atoms with Crippen molar-refractivity contribution < 1.29 is 28.2 Å². The Morgan fingerprint density at radius 3 is 0.962 bits per heavy atom. The van der Waals surface area contributed by atoms with Crippen molar-refractivity contribution in [2.24, 2.45) is 9.03 Å². The summed E-state index contributed by atoms with van der Waals surface area (Å²) in [6.45, 7) is 0. The van der Waals surface area contributed by atoms with Gasteiger partial charge in [0.15, 0.2) is 37.3 Å². The summed E-state index contributed by atoms with van der Waals surface area (Å²) in [5, 5.41) is 0. The van der Waals surface area contributed by atoms with Crippen molar-refractivity contribution in [2.45, 2.75) is 0 Å². The number of ether oxygens (including phenoxy) is 5. The highest BCUT2D eigenvalue weighted by Crippen LogP contribution is 2.65. The van der Waals surface area contributed by atoms with Crippen molar-refractivity contribution in [1.29, 1.82) is 0 Å². The number of nitrogens with zero attached hydrogens (tertiary/aromatic N) is 2. The van der Waals surface area contributed by atoms with Crippen LogP contribution in [-0.4, -0.2) is 0 Å². The van der Waals surface area contributed by atoms with Crippen LogP contribution >= 0.6 is 25.5 Å². The predicted octanol–water partition coefficient (Wildman–Crippen LogP) is 10.9. The summed E-state index contributed by atoms with van der Waals surface area (Å²) in [4.78, 5) is 3.14. The van der Waals surface area contributed by atoms with Crippen molar-refractivity contribution >= 4 is 53.9 Å². The summed E-state index contributed by atoms with van der Waals surface area (Å²) in [6, 6.07) is 34.6. The van der Waals surface area contributed by atoms with E-state index in [2.05, 4.69) is 13.9 Å². The average Bonchev–Trinajstić information content (AvgIpc) is 3.16. The van der Waals surface area contributed by atoms with E-state index in [-0.39, 0.29) is 63.2 Å². The zero-order chi connectivity index (χ0) is 36.7. The molecule has 17 heteroatoms. The molecule has 0 saturated carbocycles. The molecule has 11 N–H and O–H groups in total. The summed E-state index contributed by atoms with van der Waals surface area (Å²) in [6.07, 6.45) is 0. The predicted molar refractivity (Wildman–Crippen MR) is 210 cm³/mol. The van der Waals surface area contributed by atoms with Crippen LogP contribution in [0.2, 0.25) is 0 Å². The molecular formula is C36H31N8O6P3. The molecule has 1 atom stereocenters. The summed E-state index contributed by atoms with van der Waals surface area (Å²) in [5.74, 6) is 1.03. The number of hydrogen-bond donors (Lipinski definition) is 6. The minimum atomic E-state index is -1.75. The Morgan fingerprint density at radius 2 is 0.698 bits per heavy atom. The second-order valence-corrected chi connectivity index (χ2v) is 14.3. The minimum absolute atomic E-state index is 0.0199. The molecule has 0 saturated heterocycles. The molecule has 0 bridgehead atoms. The van der Waals surface area contributed by atoms with Crippen LogP contribution in [0.3, 0.4) is 0 Å². The van der Waals surface area contributed by atoms with E-state index < -0.39 is 8.45 Å². The van der Waals surface area contributed by atoms with Gasteiger partial charge in [-0.3, -0.25) is 0 Å². The molecule has 7 rings (SSSR count). The molecule has 0 spiro atoms. The zero-order valence-electron chi connectivity index (χ0n) is 27.6. The van der Waals surface area contributed by atoms with Gasteiger partial charge in [0.2, 0.25) is 34.5 Å². The molecule has 6 aromatic carbocycles. The number of nitrogens with one attached hydrogen (secondary N) is 1. The standard InChI is InChI=1S/C36H31N8O6P3/c37-21-11-1-6-16-26(21)45-31-32(46-27-17-7-2-12-22(27)38)34(48-29-19-9-4-14-24(29)40)36(50-53-43-51-42-52-44-53)35(49-30-20-10-5-15-25(30)41)33(31)47-28-18-8-3-13-23(28)39/h1-20H,37-41H2,(H,42,43,44). The van der Waals surface area contributed by atoms with Gasteiger partial charge in [0.05, 0.1) is 28.4 Å². The minimum Gasteiger partial charge on any atom is -0.447 e. The first-order valence-corrected chi connectivity index (χ1v) is 18.6. The maximum atomic E-state index is 6.67. The molecule has 1 aliphatic heterocycles. The van der Waals surface area contributed by atoms with Crippen LogP contribution in [0.25, 0.3) is 0 Å². The fourth-order valence-corrected chi connectivity index (χ4v) is 7.77. The number of para-hydroxylation sites is 10. The van der Waals surface area contributed by atoms with E-state index in [1.54, 1.807) is 121 Å². The van der Waals surface area contributed by atoms with E-state index in [0.29, 0.717) is 45.5 Å². The van der Waals surface area contributed by atoms with E-state index in [0.717, 1.165) is 0 Å². The molecule has 0 amide bonds. The lowest BCUT2D eigenvalue weighted by Crippen LogP contribution is -2.07. The van der Waals surface area contributed by atoms with Gasteiger partial charge < -0.3 is 56.9 Å². The lowest BCUT2D eigenvalue weighted by molar-refractivity contribution is 0.339. The molecule has 6 aromatic rings. The first-order valence-electron chi connectivity index (χ1n) is 15.8. The Morgan fingerprint density at radius 1 is 0.415 bits per heavy atom. The number of rotatable bonds is 12. The molecule has 1 heterocycles. The number of nitrogen functional groups attached to an aromatic ring is 5. The first-order chi connectivity index (χ1) is 25.9. The topological polar surface area (TPSA) is 222 Å². The smallest absolute Gasteiger partial charge is 0.311 e. The van der Waals surface area contributed by atoms with Gasteiger partial charge in [-0.15, -0.1) is 0 Å². The lowest BCUT2D eigenvalue weighted by Gasteiger charge is -2.27. The van der Waals surface area contributed by atoms with Crippen molar-refractivity contribution in [3.63, 3.8) is 0 Å². The van der Waals surface area contributed by atoms with Gasteiger partial charge in [0.25, 0.3) is 0 Å². The van der Waals surface area contributed by atoms with Crippen LogP contribution < -0.4 is 61.7 Å². The molecule has 0 fully saturated rings. The first kappa shape index (κ1) is 35.1. The fourth-order valence-electron chi connectivity index (χ4n) is 4.86. The largest absolute Gasteiger partial charge is 0.447 e. The van der Waals surface area contributed by atoms with Gasteiger partial charge in [-0.05, 0) is 60.7 Å². The molecule has 266 valence electrons. The second-order valence-electron chi connectivity index (χ2n) is 11.0. The Balaban J connectivity index is 1.61. The third kappa shape index (κ3) is 7.97. The Bertz CT molecular complexity index is 2230. The van der Waals surface area contributed by atoms with Gasteiger partial charge in [-0.1, -0.05) is 60.7 Å². The summed E-state index contributed by atoms with van der Waals surface area (Å²) in [5.41, 5.74) is 33.8. The van der Waals surface area contributed by atoms with E-state index in [1.807, 2.05) is 0 Å². The molecule has 1 aliphatic rings. The van der Waals surface area contributed by atoms with E-state index in [4.69, 9.17) is 56.9 Å². The van der Waals surface area contributed by atoms with Crippen LogP contribution in [0.1, 0.15) is 0 Å². The average molecular weight is 765 g/mol. The molecule has 1 unspecified atom stereocenters. The van der Waals surface area contributed by atoms with Crippen LogP contribution in [0, 0.1) is 0 Å². The Hall–Kier alpha value is -6.29. The lowest BCUT2D eigenvalue weighted by atomic mass is 10.2. The van der Waals surface area contributed by atoms with Crippen molar-refractivity contribution in [3.05, 3.63) is 121 Å². The Labute approximate surface area is 308 Å². The normalized spacial score (nSPS) is 13.8. The highest BCUT2D eigenvalue weighted by molar-refractivity contribution is 7.64. The quantitative estimate of drug-likeness (QED) is 0.0506. The number of anilines is 5. The number of benzene rings is 6. The molecule has 0 aromatic heterocycles. The van der Waals surface area contributed by atoms with Gasteiger partial charge in [0, 0.05) is 0 Å². The highest BCUT2D eigenvalue weighted by Gasteiger charge is 2.37. The van der Waals surface area contributed by atoms with Crippen molar-refractivity contribution in [3.8, 4) is 63.2 Å². The summed E-state index contributed by atoms with van der Waals surface area (Å²) < 4.78 is 48.7. The zero-order valence-corrected chi connectivity index (χ0v) is 30.3. The van der Waals surface area contributed by atoms with Crippen LogP contribution in [0.5, 0.6) is 63.2 Å². The fraction of sp³-hybridized carbons (Fsp3) is 0. The van der Waals surface area contributed by atoms with E-state index in [9.17, 15) is 0 Å². The molecule has 0 radical (unpaired) electrons. The third-order valence-electron chi connectivity index (χ3n) is 7.41. The Kier molecular flexibility index (Phi) is 10.6. The SMILES string of the molecule is Nc1ccccc1Oc1c(Oc2ccccc2N)c(Oc2ccccc2N)c(OP2N=PN=PN2)c(Oc2ccccc2N)c1Oc1ccccc1N. The van der Waals surface area contributed by atoms with Crippen LogP contribution in [0.15, 0.2) is 130 Å². The number of hydrogen-bond acceptors (Lipinski definition) is 14. The van der Waals surface area contributed by atoms with E-state index >= 15 is 0 Å². The number of nitrogens with two attached hydrogens (primary N) is 5. The maximum Gasteiger partial charge on any atom is 0.311 e. The van der Waals surface area contributed by atoms with Gasteiger partial charge >= 0.3 is 8.45 Å². The summed E-state index contributed by atoms with van der Waals surface area (Å²) in [7, 11) is -0.745. The van der Waals surface area contributed by atoms with Gasteiger partial charge in [0.1, 0.15) is 8.52 Å². The van der Waals surface area contributed by atoms with Gasteiger partial charge in [-0.2, -0.15) is 13.9 Å². The highest BCUT2D eigenvalue weighted by atomic mass is 31.2. The maximum absolute atomic E-state index is 6.67. The molecule has 0 aliphatic carbocycles. The monoisotopic (exact) mass is 764 g/mol. The molecule has 14 nitrogen and oxygen atoms in total. The van der Waals surface area contributed by atoms with Crippen LogP contribution in [-0.2, 0) is 0 Å². The van der Waals surface area contributed by atoms with Crippen LogP contribution in [0.4, 0.5) is 28.4 Å². The van der Waals surface area contributed by atoms with Gasteiger partial charge in [-0.25, -0.2) is 0 Å². The molecular weight excluding hydrogens is 733 g/mol. The third-order valence-corrected chi connectivity index (χ3v) is 10.5. The van der Waals surface area contributed by atoms with E-state index in [1.165, 1.54) is 0 Å². The molecule has 53 heavy (non-hydrogen) atoms. The van der Waals surface area contributed by atoms with Crippen molar-refractivity contribution in [2.75, 3.05) is 28.7 Å².